The molecule has 0 N–H and O–H groups in total. The molecule has 6 heteroatoms. The predicted molar refractivity (Wildman–Crippen MR) is 117 cm³/mol. The topological polar surface area (TPSA) is 78.5 Å². The zero-order valence-electron chi connectivity index (χ0n) is 17.3. The molecule has 2 heterocycles. The first-order chi connectivity index (χ1) is 14.9. The van der Waals surface area contributed by atoms with Gasteiger partial charge >= 0.3 is 11.6 Å². The van der Waals surface area contributed by atoms with E-state index in [9.17, 15) is 14.4 Å². The number of hydrogen-bond donors (Lipinski definition) is 0. The van der Waals surface area contributed by atoms with E-state index in [1.165, 1.54) is 6.07 Å². The number of benzene rings is 2. The number of ketones is 1. The van der Waals surface area contributed by atoms with E-state index in [1.54, 1.807) is 30.3 Å². The van der Waals surface area contributed by atoms with E-state index in [0.29, 0.717) is 23.1 Å². The first kappa shape index (κ1) is 20.3. The summed E-state index contributed by atoms with van der Waals surface area (Å²) in [5.41, 5.74) is 2.70. The van der Waals surface area contributed by atoms with Crippen molar-refractivity contribution < 1.29 is 18.7 Å². The van der Waals surface area contributed by atoms with E-state index in [2.05, 4.69) is 0 Å². The van der Waals surface area contributed by atoms with Gasteiger partial charge in [-0.05, 0) is 37.6 Å². The van der Waals surface area contributed by atoms with Crippen LogP contribution >= 0.6 is 0 Å². The van der Waals surface area contributed by atoms with Crippen LogP contribution in [0.25, 0.3) is 11.0 Å². The molecule has 0 aliphatic rings. The number of fused-ring (bicyclic) bond motifs is 1. The van der Waals surface area contributed by atoms with Gasteiger partial charge in [0.15, 0.2) is 6.61 Å². The van der Waals surface area contributed by atoms with E-state index in [4.69, 9.17) is 9.15 Å². The summed E-state index contributed by atoms with van der Waals surface area (Å²) in [6, 6.07) is 20.0. The second kappa shape index (κ2) is 8.44. The number of rotatable bonds is 6. The molecular weight excluding hydrogens is 394 g/mol. The third kappa shape index (κ3) is 4.19. The normalized spacial score (nSPS) is 10.9. The summed E-state index contributed by atoms with van der Waals surface area (Å²) in [5.74, 6) is -1.21. The van der Waals surface area contributed by atoms with Gasteiger partial charge in [-0.1, -0.05) is 48.5 Å². The fourth-order valence-corrected chi connectivity index (χ4v) is 3.58. The third-order valence-electron chi connectivity index (χ3n) is 5.25. The van der Waals surface area contributed by atoms with Gasteiger partial charge in [-0.3, -0.25) is 4.79 Å². The average molecular weight is 415 g/mol. The van der Waals surface area contributed by atoms with Crippen LogP contribution in [0, 0.1) is 13.8 Å². The van der Waals surface area contributed by atoms with Crippen molar-refractivity contribution in [3.05, 3.63) is 105 Å². The summed E-state index contributed by atoms with van der Waals surface area (Å²) in [7, 11) is 0. The van der Waals surface area contributed by atoms with Gasteiger partial charge in [0.2, 0.25) is 5.78 Å². The number of carbonyl (C=O) groups is 2. The standard InChI is InChI=1S/C25H21NO5/c1-16-12-20(17(2)26(16)14-18-8-4-3-5-9-18)22(27)15-30-24(28)21-13-19-10-6-7-11-23(19)31-25(21)29/h3-13H,14-15H2,1-2H3. The van der Waals surface area contributed by atoms with Crippen molar-refractivity contribution in [2.24, 2.45) is 0 Å². The van der Waals surface area contributed by atoms with Crippen molar-refractivity contribution in [3.8, 4) is 0 Å². The molecule has 2 aromatic carbocycles. The highest BCUT2D eigenvalue weighted by atomic mass is 16.5. The molecule has 0 radical (unpaired) electrons. The van der Waals surface area contributed by atoms with Crippen LogP contribution in [-0.2, 0) is 11.3 Å². The van der Waals surface area contributed by atoms with Gasteiger partial charge in [0, 0.05) is 28.9 Å². The molecule has 4 rings (SSSR count). The maximum atomic E-state index is 12.7. The molecule has 156 valence electrons. The molecule has 0 spiro atoms. The van der Waals surface area contributed by atoms with Crippen molar-refractivity contribution in [3.63, 3.8) is 0 Å². The second-order valence-electron chi connectivity index (χ2n) is 7.34. The van der Waals surface area contributed by atoms with Crippen LogP contribution in [0.3, 0.4) is 0 Å². The Hall–Kier alpha value is -3.93. The maximum absolute atomic E-state index is 12.7. The molecule has 0 saturated carbocycles. The van der Waals surface area contributed by atoms with Crippen LogP contribution in [-0.4, -0.2) is 22.9 Å². The lowest BCUT2D eigenvalue weighted by Gasteiger charge is -2.10. The Bertz CT molecular complexity index is 1330. The van der Waals surface area contributed by atoms with Gasteiger partial charge in [0.1, 0.15) is 11.1 Å². The number of Topliss-reactive ketones (excluding diaryl/α,β-unsaturated/α-hetero) is 1. The fraction of sp³-hybridized carbons (Fsp3) is 0.160. The summed E-state index contributed by atoms with van der Waals surface area (Å²) in [6.45, 7) is 3.98. The Kier molecular flexibility index (Phi) is 5.54. The summed E-state index contributed by atoms with van der Waals surface area (Å²) in [6.07, 6.45) is 0. The third-order valence-corrected chi connectivity index (χ3v) is 5.25. The molecule has 0 atom stereocenters. The number of hydrogen-bond acceptors (Lipinski definition) is 5. The van der Waals surface area contributed by atoms with Crippen LogP contribution in [0.5, 0.6) is 0 Å². The summed E-state index contributed by atoms with van der Waals surface area (Å²) >= 11 is 0. The van der Waals surface area contributed by atoms with E-state index >= 15 is 0 Å². The number of esters is 1. The van der Waals surface area contributed by atoms with Crippen LogP contribution in [0.2, 0.25) is 0 Å². The van der Waals surface area contributed by atoms with Crippen LogP contribution in [0.15, 0.2) is 75.9 Å². The Morgan fingerprint density at radius 3 is 2.42 bits per heavy atom. The van der Waals surface area contributed by atoms with Crippen molar-refractivity contribution in [2.45, 2.75) is 20.4 Å². The molecule has 0 unspecified atom stereocenters. The zero-order valence-corrected chi connectivity index (χ0v) is 17.3. The minimum atomic E-state index is -0.883. The number of nitrogens with zero attached hydrogens (tertiary/aromatic N) is 1. The summed E-state index contributed by atoms with van der Waals surface area (Å²) in [4.78, 5) is 37.2. The minimum Gasteiger partial charge on any atom is -0.453 e. The lowest BCUT2D eigenvalue weighted by molar-refractivity contribution is 0.0470. The van der Waals surface area contributed by atoms with Gasteiger partial charge < -0.3 is 13.7 Å². The Labute approximate surface area is 178 Å². The van der Waals surface area contributed by atoms with Crippen LogP contribution in [0.1, 0.15) is 37.7 Å². The maximum Gasteiger partial charge on any atom is 0.351 e. The Balaban J connectivity index is 1.49. The molecule has 0 aliphatic carbocycles. The first-order valence-electron chi connectivity index (χ1n) is 9.88. The average Bonchev–Trinajstić information content (AvgIpc) is 3.06. The molecule has 31 heavy (non-hydrogen) atoms. The number of aryl methyl sites for hydroxylation is 1. The van der Waals surface area contributed by atoms with Crippen LogP contribution in [0.4, 0.5) is 0 Å². The van der Waals surface area contributed by atoms with Crippen LogP contribution < -0.4 is 5.63 Å². The Morgan fingerprint density at radius 1 is 0.935 bits per heavy atom. The highest BCUT2D eigenvalue weighted by Crippen LogP contribution is 2.18. The van der Waals surface area contributed by atoms with Crippen molar-refractivity contribution in [1.29, 1.82) is 0 Å². The number of para-hydroxylation sites is 1. The Morgan fingerprint density at radius 2 is 1.65 bits per heavy atom. The monoisotopic (exact) mass is 415 g/mol. The highest BCUT2D eigenvalue weighted by molar-refractivity contribution is 6.00. The molecule has 6 nitrogen and oxygen atoms in total. The van der Waals surface area contributed by atoms with Gasteiger partial charge in [0.25, 0.3) is 0 Å². The quantitative estimate of drug-likeness (QED) is 0.267. The van der Waals surface area contributed by atoms with E-state index in [0.717, 1.165) is 17.0 Å². The van der Waals surface area contributed by atoms with Crippen molar-refractivity contribution in [2.75, 3.05) is 6.61 Å². The number of carbonyl (C=O) groups excluding carboxylic acids is 2. The first-order valence-corrected chi connectivity index (χ1v) is 9.88. The zero-order chi connectivity index (χ0) is 22.0. The lowest BCUT2D eigenvalue weighted by Crippen LogP contribution is -2.20. The van der Waals surface area contributed by atoms with Gasteiger partial charge in [-0.15, -0.1) is 0 Å². The predicted octanol–water partition coefficient (Wildman–Crippen LogP) is 4.30. The molecule has 2 aromatic heterocycles. The number of ether oxygens (including phenoxy) is 1. The molecule has 0 saturated heterocycles. The molecule has 0 aliphatic heterocycles. The van der Waals surface area contributed by atoms with Crippen molar-refractivity contribution in [1.82, 2.24) is 4.57 Å². The van der Waals surface area contributed by atoms with E-state index < -0.39 is 18.2 Å². The molecule has 0 bridgehead atoms. The van der Waals surface area contributed by atoms with E-state index in [-0.39, 0.29) is 11.3 Å². The van der Waals surface area contributed by atoms with Gasteiger partial charge in [-0.25, -0.2) is 9.59 Å². The molecule has 0 fully saturated rings. The molecule has 0 amide bonds. The second-order valence-corrected chi connectivity index (χ2v) is 7.34. The van der Waals surface area contributed by atoms with E-state index in [1.807, 2.05) is 48.7 Å². The molecular formula is C25H21NO5. The fourth-order valence-electron chi connectivity index (χ4n) is 3.58. The lowest BCUT2D eigenvalue weighted by atomic mass is 10.1. The highest BCUT2D eigenvalue weighted by Gasteiger charge is 2.20. The summed E-state index contributed by atoms with van der Waals surface area (Å²) in [5, 5.41) is 0.602. The summed E-state index contributed by atoms with van der Waals surface area (Å²) < 4.78 is 12.3. The smallest absolute Gasteiger partial charge is 0.351 e. The molecule has 4 aromatic rings. The van der Waals surface area contributed by atoms with Gasteiger partial charge in [0.05, 0.1) is 0 Å². The number of aromatic nitrogens is 1. The largest absolute Gasteiger partial charge is 0.453 e. The minimum absolute atomic E-state index is 0.235. The van der Waals surface area contributed by atoms with Gasteiger partial charge in [-0.2, -0.15) is 0 Å². The van der Waals surface area contributed by atoms with Crippen molar-refractivity contribution >= 4 is 22.7 Å². The SMILES string of the molecule is Cc1cc(C(=O)COC(=O)c2cc3ccccc3oc2=O)c(C)n1Cc1ccccc1.